The van der Waals surface area contributed by atoms with Crippen LogP contribution < -0.4 is 0 Å². The number of nitrogens with one attached hydrogen (secondary N) is 1. The summed E-state index contributed by atoms with van der Waals surface area (Å²) < 4.78 is 5.77. The summed E-state index contributed by atoms with van der Waals surface area (Å²) in [7, 11) is 0. The zero-order valence-corrected chi connectivity index (χ0v) is 17.3. The minimum absolute atomic E-state index is 0.286. The van der Waals surface area contributed by atoms with Gasteiger partial charge in [-0.25, -0.2) is 4.79 Å². The maximum absolute atomic E-state index is 13.0. The second-order valence-corrected chi connectivity index (χ2v) is 7.99. The lowest BCUT2D eigenvalue weighted by molar-refractivity contribution is 0.0339. The Hall–Kier alpha value is -2.66. The zero-order valence-electron chi connectivity index (χ0n) is 17.3. The predicted octanol–water partition coefficient (Wildman–Crippen LogP) is 4.82. The van der Waals surface area contributed by atoms with Crippen molar-refractivity contribution >= 4 is 16.9 Å². The molecule has 1 unspecified atom stereocenters. The van der Waals surface area contributed by atoms with Crippen LogP contribution in [0.5, 0.6) is 0 Å². The summed E-state index contributed by atoms with van der Waals surface area (Å²) in [5, 5.41) is 0.950. The largest absolute Gasteiger partial charge is 0.454 e. The van der Waals surface area contributed by atoms with Gasteiger partial charge in [-0.15, -0.1) is 0 Å². The molecule has 1 saturated heterocycles. The van der Waals surface area contributed by atoms with E-state index in [2.05, 4.69) is 33.1 Å². The van der Waals surface area contributed by atoms with Crippen molar-refractivity contribution in [2.45, 2.75) is 45.6 Å². The van der Waals surface area contributed by atoms with E-state index in [0.717, 1.165) is 35.1 Å². The quantitative estimate of drug-likeness (QED) is 0.612. The van der Waals surface area contributed by atoms with Gasteiger partial charge >= 0.3 is 5.97 Å². The van der Waals surface area contributed by atoms with E-state index >= 15 is 0 Å². The predicted molar refractivity (Wildman–Crippen MR) is 115 cm³/mol. The molecule has 1 aromatic carbocycles. The monoisotopic (exact) mass is 391 g/mol. The van der Waals surface area contributed by atoms with Crippen LogP contribution in [0, 0.1) is 6.92 Å². The lowest BCUT2D eigenvalue weighted by atomic mass is 10.0. The summed E-state index contributed by atoms with van der Waals surface area (Å²) in [6.07, 6.45) is 8.08. The summed E-state index contributed by atoms with van der Waals surface area (Å²) >= 11 is 0. The molecule has 1 atom stereocenters. The van der Waals surface area contributed by atoms with Crippen LogP contribution in [0.2, 0.25) is 0 Å². The van der Waals surface area contributed by atoms with Crippen molar-refractivity contribution in [3.63, 3.8) is 0 Å². The molecule has 1 aliphatic heterocycles. The second kappa shape index (κ2) is 8.78. The molecular formula is C24H29N3O2. The number of benzene rings is 1. The number of pyridine rings is 1. The maximum Gasteiger partial charge on any atom is 0.341 e. The first-order valence-corrected chi connectivity index (χ1v) is 10.6. The van der Waals surface area contributed by atoms with Crippen molar-refractivity contribution in [1.82, 2.24) is 14.9 Å². The fraction of sp³-hybridized carbons (Fsp3) is 0.417. The highest BCUT2D eigenvalue weighted by atomic mass is 16.5. The molecule has 0 saturated carbocycles. The molecule has 0 aliphatic carbocycles. The van der Waals surface area contributed by atoms with Gasteiger partial charge in [0.25, 0.3) is 0 Å². The van der Waals surface area contributed by atoms with Gasteiger partial charge in [-0.05, 0) is 81.6 Å². The molecule has 5 nitrogen and oxygen atoms in total. The van der Waals surface area contributed by atoms with Crippen molar-refractivity contribution in [3.8, 4) is 0 Å². The molecule has 5 heteroatoms. The number of carbonyl (C=O) groups is 1. The molecule has 3 aromatic rings. The van der Waals surface area contributed by atoms with Gasteiger partial charge in [0.15, 0.2) is 0 Å². The third-order valence-corrected chi connectivity index (χ3v) is 5.88. The number of nitrogens with zero attached hydrogens (tertiary/aromatic N) is 2. The van der Waals surface area contributed by atoms with Crippen LogP contribution in [0.15, 0.2) is 42.7 Å². The fourth-order valence-corrected chi connectivity index (χ4v) is 4.18. The van der Waals surface area contributed by atoms with Gasteiger partial charge < -0.3 is 14.6 Å². The van der Waals surface area contributed by atoms with Crippen LogP contribution in [-0.4, -0.2) is 40.5 Å². The first-order chi connectivity index (χ1) is 14.1. The number of carbonyl (C=O) groups excluding carboxylic acids is 1. The smallest absolute Gasteiger partial charge is 0.341 e. The van der Waals surface area contributed by atoms with Crippen LogP contribution in [0.1, 0.15) is 59.5 Å². The summed E-state index contributed by atoms with van der Waals surface area (Å²) in [5.74, 6) is -0.286. The molecule has 3 heterocycles. The van der Waals surface area contributed by atoms with Crippen LogP contribution in [0.25, 0.3) is 10.9 Å². The molecule has 0 amide bonds. The van der Waals surface area contributed by atoms with Gasteiger partial charge in [0, 0.05) is 35.5 Å². The third-order valence-electron chi connectivity index (χ3n) is 5.88. The Morgan fingerprint density at radius 2 is 1.93 bits per heavy atom. The van der Waals surface area contributed by atoms with Gasteiger partial charge in [0.2, 0.25) is 0 Å². The molecule has 0 radical (unpaired) electrons. The fourth-order valence-electron chi connectivity index (χ4n) is 4.18. The van der Waals surface area contributed by atoms with Crippen molar-refractivity contribution in [2.24, 2.45) is 0 Å². The number of hydrogen-bond donors (Lipinski definition) is 1. The Bertz CT molecular complexity index is 974. The Morgan fingerprint density at radius 1 is 1.17 bits per heavy atom. The number of esters is 1. The van der Waals surface area contributed by atoms with Crippen molar-refractivity contribution < 1.29 is 9.53 Å². The number of aromatic amines is 1. The number of aryl methyl sites for hydroxylation is 1. The van der Waals surface area contributed by atoms with Gasteiger partial charge in [-0.1, -0.05) is 12.5 Å². The van der Waals surface area contributed by atoms with Crippen molar-refractivity contribution in [2.75, 3.05) is 19.6 Å². The van der Waals surface area contributed by atoms with Gasteiger partial charge in [0.05, 0.1) is 5.56 Å². The van der Waals surface area contributed by atoms with Gasteiger partial charge in [-0.3, -0.25) is 4.98 Å². The minimum atomic E-state index is -0.322. The minimum Gasteiger partial charge on any atom is -0.454 e. The van der Waals surface area contributed by atoms with Crippen LogP contribution in [-0.2, 0) is 11.2 Å². The number of aromatic nitrogens is 2. The highest BCUT2D eigenvalue weighted by Gasteiger charge is 2.21. The van der Waals surface area contributed by atoms with E-state index in [1.165, 1.54) is 37.9 Å². The normalized spacial score (nSPS) is 16.1. The molecule has 152 valence electrons. The third kappa shape index (κ3) is 4.51. The Morgan fingerprint density at radius 3 is 2.69 bits per heavy atom. The Labute approximate surface area is 172 Å². The number of fused-ring (bicyclic) bond motifs is 1. The number of hydrogen-bond acceptors (Lipinski definition) is 4. The highest BCUT2D eigenvalue weighted by molar-refractivity contribution is 6.05. The average Bonchev–Trinajstić information content (AvgIpc) is 3.08. The number of likely N-dealkylation sites (tertiary alicyclic amines) is 1. The number of rotatable bonds is 6. The molecule has 1 N–H and O–H groups in total. The zero-order chi connectivity index (χ0) is 20.2. The van der Waals surface area contributed by atoms with E-state index in [1.807, 2.05) is 26.0 Å². The van der Waals surface area contributed by atoms with Crippen LogP contribution in [0.4, 0.5) is 0 Å². The Kier molecular flexibility index (Phi) is 5.95. The van der Waals surface area contributed by atoms with Crippen LogP contribution in [0.3, 0.4) is 0 Å². The molecule has 29 heavy (non-hydrogen) atoms. The summed E-state index contributed by atoms with van der Waals surface area (Å²) in [4.78, 5) is 22.9. The topological polar surface area (TPSA) is 58.2 Å². The van der Waals surface area contributed by atoms with Crippen molar-refractivity contribution in [3.05, 3.63) is 65.1 Å². The first-order valence-electron chi connectivity index (χ1n) is 10.6. The molecule has 1 aliphatic rings. The Balaban J connectivity index is 1.52. The van der Waals surface area contributed by atoms with Gasteiger partial charge in [-0.2, -0.15) is 0 Å². The van der Waals surface area contributed by atoms with E-state index in [-0.39, 0.29) is 12.1 Å². The van der Waals surface area contributed by atoms with E-state index in [4.69, 9.17) is 4.74 Å². The van der Waals surface area contributed by atoms with E-state index in [0.29, 0.717) is 5.56 Å². The summed E-state index contributed by atoms with van der Waals surface area (Å²) in [5.41, 5.74) is 4.67. The second-order valence-electron chi connectivity index (χ2n) is 7.99. The lowest BCUT2D eigenvalue weighted by Crippen LogP contribution is -2.31. The lowest BCUT2D eigenvalue weighted by Gasteiger charge is -2.26. The summed E-state index contributed by atoms with van der Waals surface area (Å²) in [6.45, 7) is 7.31. The van der Waals surface area contributed by atoms with E-state index in [9.17, 15) is 4.79 Å². The summed E-state index contributed by atoms with van der Waals surface area (Å²) in [6, 6.07) is 10.1. The molecule has 2 aromatic heterocycles. The number of ether oxygens (including phenoxy) is 1. The molecule has 0 spiro atoms. The number of piperidine rings is 1. The molecule has 0 bridgehead atoms. The standard InChI is InChI=1S/C24H29N3O2/c1-17-23(24(28)29-18(2)20-8-11-25-12-9-20)21-16-19(6-7-22(21)26-17)10-15-27-13-4-3-5-14-27/h6-9,11-12,16,18,26H,3-5,10,13-15H2,1-2H3. The van der Waals surface area contributed by atoms with Crippen LogP contribution >= 0.6 is 0 Å². The SMILES string of the molecule is Cc1[nH]c2ccc(CCN3CCCCC3)cc2c1C(=O)OC(C)c1ccncc1. The molecular weight excluding hydrogens is 362 g/mol. The van der Waals surface area contributed by atoms with Crippen molar-refractivity contribution in [1.29, 1.82) is 0 Å². The van der Waals surface area contributed by atoms with Gasteiger partial charge in [0.1, 0.15) is 6.10 Å². The first kappa shape index (κ1) is 19.6. The number of H-pyrrole nitrogens is 1. The highest BCUT2D eigenvalue weighted by Crippen LogP contribution is 2.27. The van der Waals surface area contributed by atoms with E-state index < -0.39 is 0 Å². The van der Waals surface area contributed by atoms with E-state index in [1.54, 1.807) is 12.4 Å². The molecule has 4 rings (SSSR count). The average molecular weight is 392 g/mol. The maximum atomic E-state index is 13.0. The molecule has 1 fully saturated rings.